The first-order chi connectivity index (χ1) is 7.13. The van der Waals surface area contributed by atoms with E-state index in [-0.39, 0.29) is 18.0 Å². The van der Waals surface area contributed by atoms with Crippen molar-refractivity contribution in [1.29, 1.82) is 0 Å². The molecule has 0 saturated carbocycles. The molecule has 1 fully saturated rings. The summed E-state index contributed by atoms with van der Waals surface area (Å²) >= 11 is 0. The van der Waals surface area contributed by atoms with E-state index in [9.17, 15) is 9.59 Å². The lowest BCUT2D eigenvalue weighted by molar-refractivity contribution is -0.119. The van der Waals surface area contributed by atoms with Gasteiger partial charge in [0.1, 0.15) is 6.04 Å². The maximum atomic E-state index is 11.8. The van der Waals surface area contributed by atoms with Crippen LogP contribution in [0.2, 0.25) is 0 Å². The van der Waals surface area contributed by atoms with Crippen LogP contribution in [0.15, 0.2) is 30.3 Å². The molecule has 2 rings (SSSR count). The topological polar surface area (TPSA) is 40.6 Å². The maximum Gasteiger partial charge on any atom is 0.331 e. The second-order valence-electron chi connectivity index (χ2n) is 3.58. The quantitative estimate of drug-likeness (QED) is 0.650. The van der Waals surface area contributed by atoms with Crippen molar-refractivity contribution in [2.45, 2.75) is 13.0 Å². The third-order valence-corrected chi connectivity index (χ3v) is 2.67. The van der Waals surface area contributed by atoms with Crippen LogP contribution in [0.1, 0.15) is 6.92 Å². The van der Waals surface area contributed by atoms with Gasteiger partial charge in [-0.25, -0.2) is 9.69 Å². The Morgan fingerprint density at radius 3 is 2.20 bits per heavy atom. The summed E-state index contributed by atoms with van der Waals surface area (Å²) in [7, 11) is 1.63. The van der Waals surface area contributed by atoms with Gasteiger partial charge in [0.25, 0.3) is 5.91 Å². The van der Waals surface area contributed by atoms with Crippen molar-refractivity contribution in [3.63, 3.8) is 0 Å². The molecule has 4 heteroatoms. The van der Waals surface area contributed by atoms with Crippen molar-refractivity contribution < 1.29 is 9.59 Å². The van der Waals surface area contributed by atoms with Crippen LogP contribution in [0, 0.1) is 0 Å². The lowest BCUT2D eigenvalue weighted by atomic mass is 10.2. The second-order valence-corrected chi connectivity index (χ2v) is 3.58. The maximum absolute atomic E-state index is 11.8. The molecule has 0 aliphatic carbocycles. The van der Waals surface area contributed by atoms with Crippen molar-refractivity contribution in [2.75, 3.05) is 11.9 Å². The molecule has 1 saturated heterocycles. The van der Waals surface area contributed by atoms with Crippen LogP contribution in [-0.4, -0.2) is 29.9 Å². The number of hydrogen-bond donors (Lipinski definition) is 0. The molecule has 1 aromatic rings. The fraction of sp³-hybridized carbons (Fsp3) is 0.273. The number of nitrogens with zero attached hydrogens (tertiary/aromatic N) is 2. The first-order valence-corrected chi connectivity index (χ1v) is 4.78. The Balaban J connectivity index is 2.39. The number of anilines is 1. The summed E-state index contributed by atoms with van der Waals surface area (Å²) in [6.07, 6.45) is 0. The van der Waals surface area contributed by atoms with E-state index in [4.69, 9.17) is 0 Å². The third-order valence-electron chi connectivity index (χ3n) is 2.67. The highest BCUT2D eigenvalue weighted by atomic mass is 16.2. The number of carbonyl (C=O) groups is 2. The van der Waals surface area contributed by atoms with E-state index in [0.717, 1.165) is 0 Å². The number of rotatable bonds is 1. The monoisotopic (exact) mass is 204 g/mol. The van der Waals surface area contributed by atoms with Gasteiger partial charge in [0, 0.05) is 7.05 Å². The lowest BCUT2D eigenvalue weighted by Gasteiger charge is -2.13. The van der Waals surface area contributed by atoms with Crippen LogP contribution in [0.25, 0.3) is 0 Å². The lowest BCUT2D eigenvalue weighted by Crippen LogP contribution is -2.31. The highest BCUT2D eigenvalue weighted by Gasteiger charge is 2.40. The molecular formula is C11H12N2O2. The number of para-hydroxylation sites is 1. The Labute approximate surface area is 88.1 Å². The van der Waals surface area contributed by atoms with Crippen molar-refractivity contribution in [1.82, 2.24) is 4.90 Å². The fourth-order valence-corrected chi connectivity index (χ4v) is 1.58. The van der Waals surface area contributed by atoms with Crippen molar-refractivity contribution >= 4 is 17.6 Å². The van der Waals surface area contributed by atoms with Gasteiger partial charge < -0.3 is 4.90 Å². The molecule has 1 aromatic carbocycles. The smallest absolute Gasteiger partial charge is 0.315 e. The van der Waals surface area contributed by atoms with Gasteiger partial charge >= 0.3 is 6.03 Å². The summed E-state index contributed by atoms with van der Waals surface area (Å²) in [6, 6.07) is 8.32. The van der Waals surface area contributed by atoms with E-state index in [1.165, 1.54) is 9.80 Å². The van der Waals surface area contributed by atoms with Gasteiger partial charge in [-0.1, -0.05) is 18.2 Å². The Morgan fingerprint density at radius 1 is 1.13 bits per heavy atom. The largest absolute Gasteiger partial charge is 0.331 e. The zero-order valence-corrected chi connectivity index (χ0v) is 8.68. The second kappa shape index (κ2) is 3.38. The zero-order chi connectivity index (χ0) is 11.0. The molecule has 0 spiro atoms. The minimum absolute atomic E-state index is 0.172. The molecule has 1 aliphatic heterocycles. The third kappa shape index (κ3) is 1.38. The SMILES string of the molecule is C[C@H]1C(=O)N(c2ccccc2)C(=O)N1C. The number of amides is 3. The summed E-state index contributed by atoms with van der Waals surface area (Å²) < 4.78 is 0. The molecule has 0 bridgehead atoms. The van der Waals surface area contributed by atoms with E-state index < -0.39 is 0 Å². The highest BCUT2D eigenvalue weighted by molar-refractivity contribution is 6.21. The molecule has 0 radical (unpaired) electrons. The minimum Gasteiger partial charge on any atom is -0.315 e. The van der Waals surface area contributed by atoms with Crippen molar-refractivity contribution in [3.8, 4) is 0 Å². The predicted octanol–water partition coefficient (Wildman–Crippen LogP) is 1.47. The van der Waals surface area contributed by atoms with Gasteiger partial charge in [-0.05, 0) is 19.1 Å². The molecule has 78 valence electrons. The van der Waals surface area contributed by atoms with Gasteiger partial charge in [0.15, 0.2) is 0 Å². The molecular weight excluding hydrogens is 192 g/mol. The van der Waals surface area contributed by atoms with E-state index in [1.54, 1.807) is 38.2 Å². The normalized spacial score (nSPS) is 21.3. The summed E-state index contributed by atoms with van der Waals surface area (Å²) in [5, 5.41) is 0. The number of urea groups is 1. The van der Waals surface area contributed by atoms with Crippen LogP contribution in [0.5, 0.6) is 0 Å². The van der Waals surface area contributed by atoms with E-state index in [0.29, 0.717) is 5.69 Å². The average Bonchev–Trinajstić information content (AvgIpc) is 2.45. The van der Waals surface area contributed by atoms with Crippen LogP contribution in [-0.2, 0) is 4.79 Å². The number of likely N-dealkylation sites (N-methyl/N-ethyl adjacent to an activating group) is 1. The Morgan fingerprint density at radius 2 is 1.73 bits per heavy atom. The molecule has 1 aliphatic rings. The summed E-state index contributed by atoms with van der Waals surface area (Å²) in [4.78, 5) is 26.2. The summed E-state index contributed by atoms with van der Waals surface area (Å²) in [6.45, 7) is 1.73. The highest BCUT2D eigenvalue weighted by Crippen LogP contribution is 2.23. The molecule has 0 aromatic heterocycles. The van der Waals surface area contributed by atoms with Crippen molar-refractivity contribution in [2.24, 2.45) is 0 Å². The van der Waals surface area contributed by atoms with Gasteiger partial charge in [0.05, 0.1) is 5.69 Å². The standard InChI is InChI=1S/C11H12N2O2/c1-8-10(14)13(11(15)12(8)2)9-6-4-3-5-7-9/h3-8H,1-2H3/t8-/m0/s1. The van der Waals surface area contributed by atoms with Gasteiger partial charge in [-0.15, -0.1) is 0 Å². The van der Waals surface area contributed by atoms with Crippen LogP contribution in [0.3, 0.4) is 0 Å². The van der Waals surface area contributed by atoms with E-state index in [1.807, 2.05) is 6.07 Å². The van der Waals surface area contributed by atoms with Crippen molar-refractivity contribution in [3.05, 3.63) is 30.3 Å². The molecule has 4 nitrogen and oxygen atoms in total. The first-order valence-electron chi connectivity index (χ1n) is 4.78. The number of imide groups is 1. The molecule has 3 amide bonds. The fourth-order valence-electron chi connectivity index (χ4n) is 1.58. The Bertz CT molecular complexity index is 382. The molecule has 1 heterocycles. The number of hydrogen-bond acceptors (Lipinski definition) is 2. The predicted molar refractivity (Wildman–Crippen MR) is 56.5 cm³/mol. The Hall–Kier alpha value is -1.84. The molecule has 0 N–H and O–H groups in total. The van der Waals surface area contributed by atoms with Gasteiger partial charge in [-0.2, -0.15) is 0 Å². The molecule has 0 unspecified atom stereocenters. The van der Waals surface area contributed by atoms with Crippen LogP contribution >= 0.6 is 0 Å². The summed E-state index contributed by atoms with van der Waals surface area (Å²) in [5.41, 5.74) is 0.628. The number of carbonyl (C=O) groups excluding carboxylic acids is 2. The number of benzene rings is 1. The summed E-state index contributed by atoms with van der Waals surface area (Å²) in [5.74, 6) is -0.172. The zero-order valence-electron chi connectivity index (χ0n) is 8.68. The van der Waals surface area contributed by atoms with Gasteiger partial charge in [-0.3, -0.25) is 4.79 Å². The van der Waals surface area contributed by atoms with Gasteiger partial charge in [0.2, 0.25) is 0 Å². The Kier molecular flexibility index (Phi) is 2.19. The first kappa shape index (κ1) is 9.71. The van der Waals surface area contributed by atoms with Crippen LogP contribution in [0.4, 0.5) is 10.5 Å². The molecule has 1 atom stereocenters. The van der Waals surface area contributed by atoms with Crippen LogP contribution < -0.4 is 4.90 Å². The average molecular weight is 204 g/mol. The molecule has 15 heavy (non-hydrogen) atoms. The van der Waals surface area contributed by atoms with E-state index in [2.05, 4.69) is 0 Å². The minimum atomic E-state index is -0.377. The van der Waals surface area contributed by atoms with E-state index >= 15 is 0 Å².